The Bertz CT molecular complexity index is 1460. The highest BCUT2D eigenvalue weighted by Crippen LogP contribution is 2.40. The van der Waals surface area contributed by atoms with Crippen molar-refractivity contribution < 1.29 is 45.0 Å². The molecule has 11 heteroatoms. The average molecular weight is 592 g/mol. The molecule has 4 aromatic carbocycles. The predicted octanol–water partition coefficient (Wildman–Crippen LogP) is 7.89. The lowest BCUT2D eigenvalue weighted by atomic mass is 9.70. The smallest absolute Gasteiger partial charge is 0.406 e. The molecule has 4 rings (SSSR count). The summed E-state index contributed by atoms with van der Waals surface area (Å²) in [7, 11) is 0. The molecule has 0 saturated heterocycles. The molecular formula is C31H24F7NO3. The molecule has 42 heavy (non-hydrogen) atoms. The number of hydrogen-bond donors (Lipinski definition) is 1. The van der Waals surface area contributed by atoms with E-state index in [0.717, 1.165) is 30.3 Å². The van der Waals surface area contributed by atoms with Gasteiger partial charge in [0.25, 0.3) is 5.91 Å². The highest BCUT2D eigenvalue weighted by atomic mass is 19.4. The maximum atomic E-state index is 14.0. The molecule has 0 aliphatic carbocycles. The third kappa shape index (κ3) is 8.02. The molecule has 0 bridgehead atoms. The van der Waals surface area contributed by atoms with Crippen LogP contribution in [0.3, 0.4) is 0 Å². The van der Waals surface area contributed by atoms with Crippen molar-refractivity contribution in [3.05, 3.63) is 131 Å². The number of alkyl halides is 6. The van der Waals surface area contributed by atoms with Crippen LogP contribution in [0.5, 0.6) is 11.5 Å². The number of aryl methyl sites for hydroxylation is 1. The van der Waals surface area contributed by atoms with Crippen LogP contribution in [0.25, 0.3) is 0 Å². The molecule has 0 fully saturated rings. The number of benzene rings is 4. The number of nitrogens with one attached hydrogen (secondary N) is 1. The summed E-state index contributed by atoms with van der Waals surface area (Å²) in [5.74, 6) is -2.47. The number of carbonyl (C=O) groups is 1. The first kappa shape index (κ1) is 30.4. The SMILES string of the molecule is Cc1cc(F)cc(C(=O)NCC(Cc2ccccc2)(c2cccc(OC(F)(F)F)c2)c2cccc(OC(F)(F)F)c2)c1. The Labute approximate surface area is 236 Å². The second-order valence-electron chi connectivity index (χ2n) is 9.60. The van der Waals surface area contributed by atoms with Crippen molar-refractivity contribution >= 4 is 5.91 Å². The average Bonchev–Trinajstić information content (AvgIpc) is 2.89. The van der Waals surface area contributed by atoms with Gasteiger partial charge in [-0.3, -0.25) is 4.79 Å². The Morgan fingerprint density at radius 1 is 0.714 bits per heavy atom. The van der Waals surface area contributed by atoms with Gasteiger partial charge in [-0.1, -0.05) is 54.6 Å². The van der Waals surface area contributed by atoms with Gasteiger partial charge < -0.3 is 14.8 Å². The standard InChI is InChI=1S/C31H24F7NO3/c1-20-13-22(15-25(32)14-20)28(40)39-19-29(18-21-7-3-2-4-8-21,23-9-5-11-26(16-23)41-30(33,34)35)24-10-6-12-27(17-24)42-31(36,37)38/h2-17H,18-19H2,1H3,(H,39,40). The number of hydrogen-bond acceptors (Lipinski definition) is 3. The van der Waals surface area contributed by atoms with E-state index in [1.165, 1.54) is 36.4 Å². The molecule has 0 aliphatic rings. The van der Waals surface area contributed by atoms with E-state index >= 15 is 0 Å². The molecule has 0 unspecified atom stereocenters. The van der Waals surface area contributed by atoms with Gasteiger partial charge in [0.15, 0.2) is 0 Å². The van der Waals surface area contributed by atoms with Gasteiger partial charge in [0.1, 0.15) is 17.3 Å². The van der Waals surface area contributed by atoms with Crippen LogP contribution in [0.4, 0.5) is 30.7 Å². The third-order valence-electron chi connectivity index (χ3n) is 6.44. The van der Waals surface area contributed by atoms with Gasteiger partial charge >= 0.3 is 12.7 Å². The monoisotopic (exact) mass is 591 g/mol. The molecule has 220 valence electrons. The van der Waals surface area contributed by atoms with Crippen LogP contribution in [0.1, 0.15) is 32.6 Å². The highest BCUT2D eigenvalue weighted by Gasteiger charge is 2.38. The minimum atomic E-state index is -5.01. The first-order valence-electron chi connectivity index (χ1n) is 12.5. The molecule has 1 N–H and O–H groups in total. The second kappa shape index (κ2) is 12.1. The van der Waals surface area contributed by atoms with Crippen molar-refractivity contribution in [3.8, 4) is 11.5 Å². The summed E-state index contributed by atoms with van der Waals surface area (Å²) in [6.07, 6.45) is -9.99. The lowest BCUT2D eigenvalue weighted by Crippen LogP contribution is -2.43. The van der Waals surface area contributed by atoms with Gasteiger partial charge in [0, 0.05) is 17.5 Å². The first-order valence-corrected chi connectivity index (χ1v) is 12.5. The summed E-state index contributed by atoms with van der Waals surface area (Å²) < 4.78 is 101. The van der Waals surface area contributed by atoms with Crippen LogP contribution in [-0.4, -0.2) is 25.2 Å². The normalized spacial score (nSPS) is 12.1. The summed E-state index contributed by atoms with van der Waals surface area (Å²) in [6, 6.07) is 22.4. The fraction of sp³-hybridized carbons (Fsp3) is 0.194. The summed E-state index contributed by atoms with van der Waals surface area (Å²) >= 11 is 0. The van der Waals surface area contributed by atoms with E-state index in [0.29, 0.717) is 11.1 Å². The van der Waals surface area contributed by atoms with E-state index in [1.54, 1.807) is 37.3 Å². The fourth-order valence-electron chi connectivity index (χ4n) is 4.76. The van der Waals surface area contributed by atoms with E-state index in [4.69, 9.17) is 0 Å². The molecule has 0 radical (unpaired) electrons. The molecule has 0 aliphatic heterocycles. The summed E-state index contributed by atoms with van der Waals surface area (Å²) in [5.41, 5.74) is 0.0858. The van der Waals surface area contributed by atoms with Crippen LogP contribution >= 0.6 is 0 Å². The quantitative estimate of drug-likeness (QED) is 0.202. The van der Waals surface area contributed by atoms with Crippen LogP contribution in [-0.2, 0) is 11.8 Å². The fourth-order valence-corrected chi connectivity index (χ4v) is 4.76. The number of amides is 1. The van der Waals surface area contributed by atoms with Gasteiger partial charge in [0.05, 0.1) is 0 Å². The molecule has 0 spiro atoms. The number of halogens is 7. The predicted molar refractivity (Wildman–Crippen MR) is 141 cm³/mol. The van der Waals surface area contributed by atoms with Gasteiger partial charge in [-0.2, -0.15) is 0 Å². The lowest BCUT2D eigenvalue weighted by Gasteiger charge is -2.36. The van der Waals surface area contributed by atoms with E-state index in [2.05, 4.69) is 14.8 Å². The van der Waals surface area contributed by atoms with Crippen molar-refractivity contribution in [2.75, 3.05) is 6.54 Å². The second-order valence-corrected chi connectivity index (χ2v) is 9.60. The number of rotatable bonds is 9. The Kier molecular flexibility index (Phi) is 8.79. The van der Waals surface area contributed by atoms with Gasteiger partial charge in [-0.15, -0.1) is 26.3 Å². The molecule has 0 heterocycles. The van der Waals surface area contributed by atoms with Gasteiger partial charge in [-0.05, 0) is 78.1 Å². The van der Waals surface area contributed by atoms with E-state index in [1.807, 2.05) is 0 Å². The van der Waals surface area contributed by atoms with Crippen molar-refractivity contribution in [1.29, 1.82) is 0 Å². The number of carbonyl (C=O) groups excluding carboxylic acids is 1. The third-order valence-corrected chi connectivity index (χ3v) is 6.44. The highest BCUT2D eigenvalue weighted by molar-refractivity contribution is 5.94. The Balaban J connectivity index is 1.88. The number of ether oxygens (including phenoxy) is 2. The molecule has 0 saturated carbocycles. The molecule has 4 aromatic rings. The molecule has 0 atom stereocenters. The van der Waals surface area contributed by atoms with E-state index in [9.17, 15) is 35.5 Å². The Morgan fingerprint density at radius 2 is 1.26 bits per heavy atom. The van der Waals surface area contributed by atoms with Crippen LogP contribution in [0.15, 0.2) is 97.1 Å². The maximum Gasteiger partial charge on any atom is 0.573 e. The van der Waals surface area contributed by atoms with Crippen LogP contribution in [0, 0.1) is 12.7 Å². The minimum absolute atomic E-state index is 0.00979. The van der Waals surface area contributed by atoms with Crippen LogP contribution < -0.4 is 14.8 Å². The molecule has 4 nitrogen and oxygen atoms in total. The minimum Gasteiger partial charge on any atom is -0.406 e. The van der Waals surface area contributed by atoms with E-state index < -0.39 is 41.4 Å². The topological polar surface area (TPSA) is 47.6 Å². The maximum absolute atomic E-state index is 14.0. The zero-order valence-electron chi connectivity index (χ0n) is 22.0. The Hall–Kier alpha value is -4.54. The zero-order valence-corrected chi connectivity index (χ0v) is 22.0. The summed E-state index contributed by atoms with van der Waals surface area (Å²) in [5, 5.41) is 2.72. The van der Waals surface area contributed by atoms with Crippen molar-refractivity contribution in [2.24, 2.45) is 0 Å². The molecule has 1 amide bonds. The van der Waals surface area contributed by atoms with Crippen LogP contribution in [0.2, 0.25) is 0 Å². The zero-order chi connectivity index (χ0) is 30.5. The summed E-state index contributed by atoms with van der Waals surface area (Å²) in [4.78, 5) is 13.2. The Morgan fingerprint density at radius 3 is 1.76 bits per heavy atom. The molecule has 0 aromatic heterocycles. The molecular weight excluding hydrogens is 567 g/mol. The van der Waals surface area contributed by atoms with Crippen molar-refractivity contribution in [2.45, 2.75) is 31.5 Å². The van der Waals surface area contributed by atoms with Crippen molar-refractivity contribution in [1.82, 2.24) is 5.32 Å². The summed E-state index contributed by atoms with van der Waals surface area (Å²) in [6.45, 7) is 1.29. The van der Waals surface area contributed by atoms with E-state index in [-0.39, 0.29) is 29.7 Å². The van der Waals surface area contributed by atoms with Gasteiger partial charge in [-0.25, -0.2) is 4.39 Å². The van der Waals surface area contributed by atoms with Crippen molar-refractivity contribution in [3.63, 3.8) is 0 Å². The largest absolute Gasteiger partial charge is 0.573 e. The van der Waals surface area contributed by atoms with Gasteiger partial charge in [0.2, 0.25) is 0 Å². The first-order chi connectivity index (χ1) is 19.7. The lowest BCUT2D eigenvalue weighted by molar-refractivity contribution is -0.275.